The second-order valence-electron chi connectivity index (χ2n) is 4.61. The molecular weight excluding hydrogens is 246 g/mol. The van der Waals surface area contributed by atoms with Gasteiger partial charge in [-0.15, -0.1) is 0 Å². The van der Waals surface area contributed by atoms with E-state index in [1.54, 1.807) is 0 Å². The Bertz CT molecular complexity index is 135. The van der Waals surface area contributed by atoms with Gasteiger partial charge in [-0.05, 0) is 51.9 Å². The van der Waals surface area contributed by atoms with Crippen LogP contribution in [0.1, 0.15) is 51.4 Å². The normalized spacial score (nSPS) is 18.9. The molecular formula is C13H31N3O3. The average molecular weight is 277 g/mol. The number of hydrogen-bond donors (Lipinski definition) is 5. The van der Waals surface area contributed by atoms with Crippen LogP contribution in [-0.4, -0.2) is 42.5 Å². The standard InChI is InChI=1S/2C6H13N.CH2O3.H3N/c2*1-2-4-6-7-5-3-1;2-1(3)4;/h2*7H,1-6H2;(H2,2,3,4);1H3. The topological polar surface area (TPSA) is 117 Å². The van der Waals surface area contributed by atoms with Crippen LogP contribution in [0.2, 0.25) is 0 Å². The molecule has 0 spiro atoms. The second-order valence-corrected chi connectivity index (χ2v) is 4.61. The summed E-state index contributed by atoms with van der Waals surface area (Å²) in [5, 5.41) is 20.6. The molecule has 2 fully saturated rings. The van der Waals surface area contributed by atoms with Gasteiger partial charge >= 0.3 is 6.16 Å². The Kier molecular flexibility index (Phi) is 18.5. The van der Waals surface area contributed by atoms with Gasteiger partial charge in [0.15, 0.2) is 0 Å². The number of nitrogens with one attached hydrogen (secondary N) is 2. The van der Waals surface area contributed by atoms with Crippen molar-refractivity contribution in [1.29, 1.82) is 0 Å². The molecule has 2 rings (SSSR count). The lowest BCUT2D eigenvalue weighted by atomic mass is 10.2. The van der Waals surface area contributed by atoms with Crippen molar-refractivity contribution in [2.45, 2.75) is 51.4 Å². The predicted octanol–water partition coefficient (Wildman–Crippen LogP) is 2.68. The summed E-state index contributed by atoms with van der Waals surface area (Å²) in [6.45, 7) is 5.00. The van der Waals surface area contributed by atoms with Crippen LogP contribution in [0.4, 0.5) is 4.79 Å². The Morgan fingerprint density at radius 2 is 0.842 bits per heavy atom. The molecule has 7 N–H and O–H groups in total. The maximum Gasteiger partial charge on any atom is 0.503 e. The molecule has 19 heavy (non-hydrogen) atoms. The second kappa shape index (κ2) is 17.2. The van der Waals surface area contributed by atoms with Gasteiger partial charge in [0.2, 0.25) is 0 Å². The molecule has 2 saturated heterocycles. The van der Waals surface area contributed by atoms with Gasteiger partial charge in [0.25, 0.3) is 0 Å². The summed E-state index contributed by atoms with van der Waals surface area (Å²) in [6.07, 6.45) is 9.47. The lowest BCUT2D eigenvalue weighted by molar-refractivity contribution is 0.137. The van der Waals surface area contributed by atoms with E-state index in [0.29, 0.717) is 0 Å². The Morgan fingerprint density at radius 1 is 0.632 bits per heavy atom. The number of rotatable bonds is 0. The van der Waals surface area contributed by atoms with Crippen LogP contribution in [0.25, 0.3) is 0 Å². The van der Waals surface area contributed by atoms with Crippen molar-refractivity contribution in [2.24, 2.45) is 0 Å². The predicted molar refractivity (Wildman–Crippen MR) is 78.4 cm³/mol. The van der Waals surface area contributed by atoms with Crippen LogP contribution in [0.3, 0.4) is 0 Å². The summed E-state index contributed by atoms with van der Waals surface area (Å²) in [5.74, 6) is 0. The van der Waals surface area contributed by atoms with E-state index in [1.165, 1.54) is 77.5 Å². The molecule has 0 atom stereocenters. The maximum absolute atomic E-state index is 8.56. The Balaban J connectivity index is 0. The first kappa shape index (κ1) is 20.5. The summed E-state index contributed by atoms with van der Waals surface area (Å²) in [7, 11) is 0. The quantitative estimate of drug-likeness (QED) is 0.465. The van der Waals surface area contributed by atoms with E-state index < -0.39 is 6.16 Å². The van der Waals surface area contributed by atoms with Gasteiger partial charge in [-0.25, -0.2) is 4.79 Å². The highest BCUT2D eigenvalue weighted by Crippen LogP contribution is 2.01. The first-order chi connectivity index (χ1) is 8.73. The fourth-order valence-electron chi connectivity index (χ4n) is 1.96. The summed E-state index contributed by atoms with van der Waals surface area (Å²) in [4.78, 5) is 8.56. The van der Waals surface area contributed by atoms with Crippen molar-refractivity contribution in [3.05, 3.63) is 0 Å². The van der Waals surface area contributed by atoms with Crippen LogP contribution < -0.4 is 16.8 Å². The monoisotopic (exact) mass is 277 g/mol. The van der Waals surface area contributed by atoms with Crippen LogP contribution in [0.5, 0.6) is 0 Å². The minimum absolute atomic E-state index is 0. The first-order valence-electron chi connectivity index (χ1n) is 7.07. The van der Waals surface area contributed by atoms with Crippen LogP contribution in [0, 0.1) is 0 Å². The molecule has 0 saturated carbocycles. The summed E-state index contributed by atoms with van der Waals surface area (Å²) in [6, 6.07) is 0. The Morgan fingerprint density at radius 3 is 1.05 bits per heavy atom. The highest BCUT2D eigenvalue weighted by molar-refractivity contribution is 5.53. The van der Waals surface area contributed by atoms with E-state index in [0.717, 1.165) is 0 Å². The van der Waals surface area contributed by atoms with Crippen molar-refractivity contribution >= 4 is 6.16 Å². The summed E-state index contributed by atoms with van der Waals surface area (Å²) in [5.41, 5.74) is 0. The smallest absolute Gasteiger partial charge is 0.450 e. The molecule has 0 amide bonds. The van der Waals surface area contributed by atoms with Crippen molar-refractivity contribution in [2.75, 3.05) is 26.2 Å². The highest BCUT2D eigenvalue weighted by Gasteiger charge is 1.94. The molecule has 116 valence electrons. The van der Waals surface area contributed by atoms with Gasteiger partial charge in [-0.1, -0.05) is 25.7 Å². The number of hydrogen-bond acceptors (Lipinski definition) is 4. The zero-order chi connectivity index (χ0) is 13.5. The Hall–Kier alpha value is -0.850. The van der Waals surface area contributed by atoms with E-state index in [1.807, 2.05) is 0 Å². The minimum atomic E-state index is -1.83. The molecule has 2 aliphatic heterocycles. The van der Waals surface area contributed by atoms with Crippen molar-refractivity contribution in [1.82, 2.24) is 16.8 Å². The highest BCUT2D eigenvalue weighted by atomic mass is 16.6. The minimum Gasteiger partial charge on any atom is -0.450 e. The lowest BCUT2D eigenvalue weighted by Crippen LogP contribution is -2.12. The van der Waals surface area contributed by atoms with Crippen molar-refractivity contribution < 1.29 is 15.0 Å². The van der Waals surface area contributed by atoms with Gasteiger partial charge < -0.3 is 27.0 Å². The van der Waals surface area contributed by atoms with Crippen molar-refractivity contribution in [3.63, 3.8) is 0 Å². The zero-order valence-corrected chi connectivity index (χ0v) is 12.0. The summed E-state index contributed by atoms with van der Waals surface area (Å²) < 4.78 is 0. The third-order valence-corrected chi connectivity index (χ3v) is 2.91. The fourth-order valence-corrected chi connectivity index (χ4v) is 1.96. The molecule has 2 aliphatic rings. The first-order valence-corrected chi connectivity index (χ1v) is 7.07. The lowest BCUT2D eigenvalue weighted by Gasteiger charge is -1.91. The van der Waals surface area contributed by atoms with Gasteiger partial charge in [0.1, 0.15) is 0 Å². The molecule has 0 aromatic heterocycles. The van der Waals surface area contributed by atoms with Crippen LogP contribution >= 0.6 is 0 Å². The van der Waals surface area contributed by atoms with Crippen molar-refractivity contribution in [3.8, 4) is 0 Å². The third-order valence-electron chi connectivity index (χ3n) is 2.91. The van der Waals surface area contributed by atoms with E-state index in [4.69, 9.17) is 15.0 Å². The largest absolute Gasteiger partial charge is 0.503 e. The average Bonchev–Trinajstić information content (AvgIpc) is 2.79. The number of carbonyl (C=O) groups is 1. The fraction of sp³-hybridized carbons (Fsp3) is 0.923. The third kappa shape index (κ3) is 22.8. The van der Waals surface area contributed by atoms with Gasteiger partial charge in [-0.2, -0.15) is 0 Å². The Labute approximate surface area is 116 Å². The number of carboxylic acid groups (broad SMARTS) is 2. The molecule has 0 bridgehead atoms. The van der Waals surface area contributed by atoms with Gasteiger partial charge in [-0.3, -0.25) is 0 Å². The van der Waals surface area contributed by atoms with Gasteiger partial charge in [0.05, 0.1) is 0 Å². The van der Waals surface area contributed by atoms with E-state index in [-0.39, 0.29) is 6.15 Å². The molecule has 0 unspecified atom stereocenters. The molecule has 0 radical (unpaired) electrons. The molecule has 0 aliphatic carbocycles. The van der Waals surface area contributed by atoms with E-state index in [2.05, 4.69) is 10.6 Å². The van der Waals surface area contributed by atoms with Gasteiger partial charge in [0, 0.05) is 0 Å². The SMILES string of the molecule is C1CCCNCC1.C1CCCNCC1.N.O=C(O)O. The molecule has 6 nitrogen and oxygen atoms in total. The molecule has 0 aromatic carbocycles. The molecule has 2 heterocycles. The van der Waals surface area contributed by atoms with Crippen LogP contribution in [0.15, 0.2) is 0 Å². The van der Waals surface area contributed by atoms with E-state index in [9.17, 15) is 0 Å². The summed E-state index contributed by atoms with van der Waals surface area (Å²) >= 11 is 0. The zero-order valence-electron chi connectivity index (χ0n) is 12.0. The van der Waals surface area contributed by atoms with Crippen LogP contribution in [-0.2, 0) is 0 Å². The maximum atomic E-state index is 8.56. The molecule has 6 heteroatoms. The van der Waals surface area contributed by atoms with E-state index >= 15 is 0 Å². The molecule has 0 aromatic rings.